The molecule has 0 bridgehead atoms. The lowest BCUT2D eigenvalue weighted by molar-refractivity contribution is 0.295. The standard InChI is InChI=1S/C8H10BrClN2O.C7H8O3S/c1-5(11)4-13-6-2-7(9)8(10)12-3-6;1-6-2-4-7(5-3-6)11(8,9)10/h2-3,5H,4,11H2,1H3;2-5H,1H3,(H,8,9,10)/t5-;/m0./s1. The smallest absolute Gasteiger partial charge is 0.294 e. The van der Waals surface area contributed by atoms with E-state index in [9.17, 15) is 8.42 Å². The van der Waals surface area contributed by atoms with Gasteiger partial charge in [0.15, 0.2) is 0 Å². The van der Waals surface area contributed by atoms with Crippen molar-refractivity contribution in [3.05, 3.63) is 51.7 Å². The summed E-state index contributed by atoms with van der Waals surface area (Å²) in [5.41, 5.74) is 6.48. The number of rotatable bonds is 4. The third-order valence-corrected chi connectivity index (χ3v) is 4.60. The predicted octanol–water partition coefficient (Wildman–Crippen LogP) is 3.47. The number of nitrogens with zero attached hydrogens (tertiary/aromatic N) is 1. The average molecular weight is 438 g/mol. The second-order valence-electron chi connectivity index (χ2n) is 5.02. The van der Waals surface area contributed by atoms with Crippen LogP contribution >= 0.6 is 27.5 Å². The first-order valence-corrected chi connectivity index (χ1v) is 9.44. The zero-order valence-corrected chi connectivity index (χ0v) is 16.3. The van der Waals surface area contributed by atoms with Gasteiger partial charge in [0.25, 0.3) is 10.1 Å². The van der Waals surface area contributed by atoms with Crippen molar-refractivity contribution >= 4 is 37.6 Å². The second kappa shape index (κ2) is 9.33. The lowest BCUT2D eigenvalue weighted by Gasteiger charge is -2.08. The van der Waals surface area contributed by atoms with Crippen LogP contribution in [0.3, 0.4) is 0 Å². The van der Waals surface area contributed by atoms with Crippen molar-refractivity contribution in [1.82, 2.24) is 4.98 Å². The van der Waals surface area contributed by atoms with Crippen molar-refractivity contribution in [3.8, 4) is 5.75 Å². The molecule has 6 nitrogen and oxygen atoms in total. The fourth-order valence-corrected chi connectivity index (χ4v) is 2.33. The van der Waals surface area contributed by atoms with Crippen molar-refractivity contribution in [2.24, 2.45) is 5.73 Å². The first-order chi connectivity index (χ1) is 11.1. The van der Waals surface area contributed by atoms with E-state index in [0.717, 1.165) is 10.0 Å². The fourth-order valence-electron chi connectivity index (χ4n) is 1.42. The number of pyridine rings is 1. The highest BCUT2D eigenvalue weighted by Gasteiger charge is 2.06. The third-order valence-electron chi connectivity index (χ3n) is 2.60. The van der Waals surface area contributed by atoms with Crippen molar-refractivity contribution in [1.29, 1.82) is 0 Å². The highest BCUT2D eigenvalue weighted by molar-refractivity contribution is 9.10. The summed E-state index contributed by atoms with van der Waals surface area (Å²) in [5.74, 6) is 0.661. The minimum Gasteiger partial charge on any atom is -0.490 e. The van der Waals surface area contributed by atoms with Crippen LogP contribution in [0.15, 0.2) is 45.9 Å². The Balaban J connectivity index is 0.000000243. The fraction of sp³-hybridized carbons (Fsp3) is 0.267. The Labute approximate surface area is 154 Å². The quantitative estimate of drug-likeness (QED) is 0.561. The molecule has 1 heterocycles. The first kappa shape index (κ1) is 20.9. The van der Waals surface area contributed by atoms with Crippen molar-refractivity contribution in [2.75, 3.05) is 6.61 Å². The summed E-state index contributed by atoms with van der Waals surface area (Å²) in [6.45, 7) is 4.18. The molecule has 1 aromatic heterocycles. The monoisotopic (exact) mass is 436 g/mol. The lowest BCUT2D eigenvalue weighted by atomic mass is 10.2. The maximum absolute atomic E-state index is 10.5. The van der Waals surface area contributed by atoms with E-state index in [1.807, 2.05) is 13.8 Å². The number of aryl methyl sites for hydroxylation is 1. The topological polar surface area (TPSA) is 103 Å². The SMILES string of the molecule is C[C@H](N)COc1cnc(Cl)c(Br)c1.Cc1ccc(S(=O)(=O)O)cc1. The molecule has 0 saturated carbocycles. The summed E-state index contributed by atoms with van der Waals surface area (Å²) < 4.78 is 35.6. The van der Waals surface area contributed by atoms with E-state index < -0.39 is 10.1 Å². The van der Waals surface area contributed by atoms with Crippen molar-refractivity contribution in [2.45, 2.75) is 24.8 Å². The molecule has 1 atom stereocenters. The maximum atomic E-state index is 10.5. The van der Waals surface area contributed by atoms with Crippen LogP contribution in [0.5, 0.6) is 5.75 Å². The van der Waals surface area contributed by atoms with Crippen LogP contribution in [0, 0.1) is 6.92 Å². The van der Waals surface area contributed by atoms with Crippen LogP contribution in [0.4, 0.5) is 0 Å². The molecule has 132 valence electrons. The summed E-state index contributed by atoms with van der Waals surface area (Å²) in [4.78, 5) is 3.84. The van der Waals surface area contributed by atoms with Gasteiger partial charge in [0.05, 0.1) is 15.6 Å². The molecule has 2 rings (SSSR count). The second-order valence-corrected chi connectivity index (χ2v) is 7.65. The first-order valence-electron chi connectivity index (χ1n) is 6.83. The Kier molecular flexibility index (Phi) is 8.11. The van der Waals surface area contributed by atoms with Gasteiger partial charge in [-0.3, -0.25) is 4.55 Å². The number of hydrogen-bond acceptors (Lipinski definition) is 5. The molecule has 0 saturated heterocycles. The van der Waals surface area contributed by atoms with Crippen LogP contribution in [0.2, 0.25) is 5.15 Å². The molecule has 0 amide bonds. The van der Waals surface area contributed by atoms with Crippen LogP contribution in [-0.2, 0) is 10.1 Å². The Morgan fingerprint density at radius 1 is 1.38 bits per heavy atom. The molecule has 1 aromatic carbocycles. The summed E-state index contributed by atoms with van der Waals surface area (Å²) in [7, 11) is -4.02. The number of aromatic nitrogens is 1. The molecule has 0 aliphatic carbocycles. The van der Waals surface area contributed by atoms with Gasteiger partial charge in [-0.2, -0.15) is 8.42 Å². The van der Waals surface area contributed by atoms with Crippen LogP contribution < -0.4 is 10.5 Å². The molecular weight excluding hydrogens is 420 g/mol. The minimum absolute atomic E-state index is 0.00875. The van der Waals surface area contributed by atoms with E-state index in [1.54, 1.807) is 24.4 Å². The third kappa shape index (κ3) is 7.59. The van der Waals surface area contributed by atoms with E-state index in [4.69, 9.17) is 26.6 Å². The number of benzene rings is 1. The molecule has 0 spiro atoms. The number of ether oxygens (including phenoxy) is 1. The largest absolute Gasteiger partial charge is 0.490 e. The summed E-state index contributed by atoms with van der Waals surface area (Å²) in [6.07, 6.45) is 1.56. The van der Waals surface area contributed by atoms with Gasteiger partial charge >= 0.3 is 0 Å². The molecular formula is C15H18BrClN2O4S. The zero-order valence-electron chi connectivity index (χ0n) is 13.1. The normalized spacial score (nSPS) is 12.1. The van der Waals surface area contributed by atoms with E-state index in [-0.39, 0.29) is 10.9 Å². The highest BCUT2D eigenvalue weighted by Crippen LogP contribution is 2.24. The Hall–Kier alpha value is -1.19. The summed E-state index contributed by atoms with van der Waals surface area (Å²) in [5, 5.41) is 0.424. The van der Waals surface area contributed by atoms with E-state index in [0.29, 0.717) is 17.5 Å². The van der Waals surface area contributed by atoms with Gasteiger partial charge in [-0.15, -0.1) is 0 Å². The van der Waals surface area contributed by atoms with E-state index in [2.05, 4.69) is 20.9 Å². The van der Waals surface area contributed by atoms with E-state index >= 15 is 0 Å². The molecule has 2 aromatic rings. The molecule has 0 radical (unpaired) electrons. The number of halogens is 2. The van der Waals surface area contributed by atoms with Gasteiger partial charge in [-0.25, -0.2) is 4.98 Å². The molecule has 3 N–H and O–H groups in total. The number of hydrogen-bond donors (Lipinski definition) is 2. The highest BCUT2D eigenvalue weighted by atomic mass is 79.9. The maximum Gasteiger partial charge on any atom is 0.294 e. The Morgan fingerprint density at radius 3 is 2.42 bits per heavy atom. The van der Waals surface area contributed by atoms with Gasteiger partial charge in [-0.1, -0.05) is 29.3 Å². The average Bonchev–Trinajstić information content (AvgIpc) is 2.48. The molecule has 0 aliphatic heterocycles. The summed E-state index contributed by atoms with van der Waals surface area (Å²) in [6, 6.07) is 7.76. The van der Waals surface area contributed by atoms with E-state index in [1.165, 1.54) is 12.1 Å². The van der Waals surface area contributed by atoms with Crippen LogP contribution in [-0.4, -0.2) is 30.6 Å². The van der Waals surface area contributed by atoms with Gasteiger partial charge in [0.2, 0.25) is 0 Å². The summed E-state index contributed by atoms with van der Waals surface area (Å²) >= 11 is 8.95. The molecule has 0 fully saturated rings. The van der Waals surface area contributed by atoms with Gasteiger partial charge in [0.1, 0.15) is 17.5 Å². The Bertz CT molecular complexity index is 768. The molecule has 24 heavy (non-hydrogen) atoms. The predicted molar refractivity (Wildman–Crippen MR) is 97.1 cm³/mol. The number of nitrogens with two attached hydrogens (primary N) is 1. The molecule has 0 aliphatic rings. The van der Waals surface area contributed by atoms with Crippen LogP contribution in [0.1, 0.15) is 12.5 Å². The van der Waals surface area contributed by atoms with Gasteiger partial charge in [-0.05, 0) is 48.0 Å². The van der Waals surface area contributed by atoms with Crippen molar-refractivity contribution < 1.29 is 17.7 Å². The zero-order chi connectivity index (χ0) is 18.3. The minimum atomic E-state index is -4.02. The van der Waals surface area contributed by atoms with Gasteiger partial charge < -0.3 is 10.5 Å². The van der Waals surface area contributed by atoms with Crippen LogP contribution in [0.25, 0.3) is 0 Å². The Morgan fingerprint density at radius 2 is 1.96 bits per heavy atom. The molecule has 9 heteroatoms. The van der Waals surface area contributed by atoms with Gasteiger partial charge in [0, 0.05) is 6.04 Å². The lowest BCUT2D eigenvalue weighted by Crippen LogP contribution is -2.23. The molecule has 0 unspecified atom stereocenters. The van der Waals surface area contributed by atoms with Crippen molar-refractivity contribution in [3.63, 3.8) is 0 Å².